The van der Waals surface area contributed by atoms with E-state index in [1.165, 1.54) is 12.8 Å². The summed E-state index contributed by atoms with van der Waals surface area (Å²) in [7, 11) is 0. The fourth-order valence-corrected chi connectivity index (χ4v) is 2.17. The van der Waals surface area contributed by atoms with Crippen LogP contribution >= 0.6 is 23.2 Å². The predicted molar refractivity (Wildman–Crippen MR) is 65.5 cm³/mol. The van der Waals surface area contributed by atoms with Gasteiger partial charge in [0, 0.05) is 23.5 Å². The van der Waals surface area contributed by atoms with E-state index >= 15 is 0 Å². The molecule has 0 spiro atoms. The molecule has 0 heterocycles. The van der Waals surface area contributed by atoms with E-state index in [1.54, 1.807) is 0 Å². The summed E-state index contributed by atoms with van der Waals surface area (Å²) in [5, 5.41) is 4.45. The van der Waals surface area contributed by atoms with Crippen LogP contribution in [0.3, 0.4) is 0 Å². The summed E-state index contributed by atoms with van der Waals surface area (Å²) in [5.41, 5.74) is 1.14. The summed E-state index contributed by atoms with van der Waals surface area (Å²) in [6.07, 6.45) is 2.59. The van der Waals surface area contributed by atoms with Gasteiger partial charge in [-0.1, -0.05) is 29.8 Å². The minimum Gasteiger partial charge on any atom is -0.311 e. The standard InChI is InChI=1S/C12H15Cl2N/c13-11-4-2-1-3-10(11)7-15-8-12(14)9-5-6-9/h1-4,9,12,15H,5-8H2. The zero-order valence-corrected chi connectivity index (χ0v) is 10.1. The molecule has 0 saturated heterocycles. The first-order chi connectivity index (χ1) is 7.27. The molecule has 3 heteroatoms. The van der Waals surface area contributed by atoms with Gasteiger partial charge in [-0.2, -0.15) is 0 Å². The van der Waals surface area contributed by atoms with Gasteiger partial charge in [0.1, 0.15) is 0 Å². The first-order valence-corrected chi connectivity index (χ1v) is 6.17. The molecule has 0 amide bonds. The molecule has 82 valence electrons. The molecule has 1 saturated carbocycles. The number of rotatable bonds is 5. The van der Waals surface area contributed by atoms with Gasteiger partial charge in [0.15, 0.2) is 0 Å². The van der Waals surface area contributed by atoms with E-state index in [2.05, 4.69) is 5.32 Å². The van der Waals surface area contributed by atoms with E-state index in [1.807, 2.05) is 24.3 Å². The van der Waals surface area contributed by atoms with E-state index in [-0.39, 0.29) is 5.38 Å². The maximum atomic E-state index is 6.19. The van der Waals surface area contributed by atoms with E-state index < -0.39 is 0 Å². The number of nitrogens with one attached hydrogen (secondary N) is 1. The fraction of sp³-hybridized carbons (Fsp3) is 0.500. The van der Waals surface area contributed by atoms with E-state index in [0.717, 1.165) is 29.6 Å². The zero-order chi connectivity index (χ0) is 10.7. The smallest absolute Gasteiger partial charge is 0.0488 e. The maximum absolute atomic E-state index is 6.19. The fourth-order valence-electron chi connectivity index (χ4n) is 1.61. The lowest BCUT2D eigenvalue weighted by atomic mass is 10.2. The molecular weight excluding hydrogens is 229 g/mol. The molecule has 1 aromatic carbocycles. The molecule has 0 aliphatic heterocycles. The van der Waals surface area contributed by atoms with Crippen molar-refractivity contribution in [3.05, 3.63) is 34.9 Å². The third-order valence-electron chi connectivity index (χ3n) is 2.75. The Labute approximate surface area is 101 Å². The average Bonchev–Trinajstić information content (AvgIpc) is 3.04. The van der Waals surface area contributed by atoms with Crippen molar-refractivity contribution in [2.24, 2.45) is 5.92 Å². The number of alkyl halides is 1. The van der Waals surface area contributed by atoms with Gasteiger partial charge in [0.25, 0.3) is 0 Å². The van der Waals surface area contributed by atoms with Crippen molar-refractivity contribution < 1.29 is 0 Å². The van der Waals surface area contributed by atoms with Crippen LogP contribution < -0.4 is 5.32 Å². The Morgan fingerprint density at radius 1 is 1.33 bits per heavy atom. The van der Waals surface area contributed by atoms with Gasteiger partial charge in [-0.3, -0.25) is 0 Å². The van der Waals surface area contributed by atoms with Gasteiger partial charge in [0.05, 0.1) is 0 Å². The molecule has 1 fully saturated rings. The molecule has 1 unspecified atom stereocenters. The molecule has 1 nitrogen and oxygen atoms in total. The lowest BCUT2D eigenvalue weighted by Gasteiger charge is -2.10. The van der Waals surface area contributed by atoms with Crippen molar-refractivity contribution >= 4 is 23.2 Å². The first kappa shape index (κ1) is 11.3. The minimum absolute atomic E-state index is 0.285. The molecule has 1 aliphatic rings. The second kappa shape index (κ2) is 5.20. The van der Waals surface area contributed by atoms with E-state index in [9.17, 15) is 0 Å². The normalized spacial score (nSPS) is 17.7. The van der Waals surface area contributed by atoms with Gasteiger partial charge in [-0.15, -0.1) is 11.6 Å². The summed E-state index contributed by atoms with van der Waals surface area (Å²) in [6.45, 7) is 1.67. The second-order valence-corrected chi connectivity index (χ2v) is 5.04. The van der Waals surface area contributed by atoms with Gasteiger partial charge < -0.3 is 5.32 Å². The minimum atomic E-state index is 0.285. The van der Waals surface area contributed by atoms with Crippen LogP contribution in [0.25, 0.3) is 0 Å². The van der Waals surface area contributed by atoms with Gasteiger partial charge >= 0.3 is 0 Å². The summed E-state index contributed by atoms with van der Waals surface area (Å²) in [6, 6.07) is 7.90. The first-order valence-electron chi connectivity index (χ1n) is 5.35. The summed E-state index contributed by atoms with van der Waals surface area (Å²) in [5.74, 6) is 0.741. The Hall–Kier alpha value is -0.240. The predicted octanol–water partition coefficient (Wildman–Crippen LogP) is 3.45. The van der Waals surface area contributed by atoms with Crippen LogP contribution in [0.15, 0.2) is 24.3 Å². The van der Waals surface area contributed by atoms with Gasteiger partial charge in [0.2, 0.25) is 0 Å². The van der Waals surface area contributed by atoms with Crippen molar-refractivity contribution in [3.8, 4) is 0 Å². The molecule has 15 heavy (non-hydrogen) atoms. The molecule has 0 aromatic heterocycles. The van der Waals surface area contributed by atoms with E-state index in [0.29, 0.717) is 0 Å². The van der Waals surface area contributed by atoms with Gasteiger partial charge in [-0.25, -0.2) is 0 Å². The summed E-state index contributed by atoms with van der Waals surface area (Å²) < 4.78 is 0. The monoisotopic (exact) mass is 243 g/mol. The molecule has 2 rings (SSSR count). The Morgan fingerprint density at radius 2 is 2.07 bits per heavy atom. The largest absolute Gasteiger partial charge is 0.311 e. The van der Waals surface area contributed by atoms with Crippen LogP contribution in [0, 0.1) is 5.92 Å². The van der Waals surface area contributed by atoms with Crippen LogP contribution in [-0.2, 0) is 6.54 Å². The highest BCUT2D eigenvalue weighted by Crippen LogP contribution is 2.35. The van der Waals surface area contributed by atoms with Crippen molar-refractivity contribution in [1.82, 2.24) is 5.32 Å². The zero-order valence-electron chi connectivity index (χ0n) is 8.55. The van der Waals surface area contributed by atoms with Crippen LogP contribution in [0.2, 0.25) is 5.02 Å². The quantitative estimate of drug-likeness (QED) is 0.782. The Balaban J connectivity index is 1.75. The summed E-state index contributed by atoms with van der Waals surface area (Å²) in [4.78, 5) is 0. The Kier molecular flexibility index (Phi) is 3.90. The Morgan fingerprint density at radius 3 is 2.73 bits per heavy atom. The number of hydrogen-bond acceptors (Lipinski definition) is 1. The van der Waals surface area contributed by atoms with E-state index in [4.69, 9.17) is 23.2 Å². The lowest BCUT2D eigenvalue weighted by Crippen LogP contribution is -2.24. The van der Waals surface area contributed by atoms with Crippen LogP contribution in [0.5, 0.6) is 0 Å². The molecule has 0 radical (unpaired) electrons. The molecule has 1 aliphatic carbocycles. The second-order valence-electron chi connectivity index (χ2n) is 4.08. The maximum Gasteiger partial charge on any atom is 0.0488 e. The van der Waals surface area contributed by atoms with Crippen molar-refractivity contribution in [2.75, 3.05) is 6.54 Å². The average molecular weight is 244 g/mol. The number of halogens is 2. The molecule has 0 bridgehead atoms. The molecule has 1 atom stereocenters. The lowest BCUT2D eigenvalue weighted by molar-refractivity contribution is 0.620. The highest BCUT2D eigenvalue weighted by Gasteiger charge is 2.29. The molecular formula is C12H15Cl2N. The topological polar surface area (TPSA) is 12.0 Å². The van der Waals surface area contributed by atoms with Crippen molar-refractivity contribution in [2.45, 2.75) is 24.8 Å². The number of benzene rings is 1. The SMILES string of the molecule is Clc1ccccc1CNCC(Cl)C1CC1. The highest BCUT2D eigenvalue weighted by atomic mass is 35.5. The third-order valence-corrected chi connectivity index (χ3v) is 3.63. The molecule has 1 aromatic rings. The summed E-state index contributed by atoms with van der Waals surface area (Å²) >= 11 is 12.2. The van der Waals surface area contributed by atoms with Crippen molar-refractivity contribution in [3.63, 3.8) is 0 Å². The van der Waals surface area contributed by atoms with Crippen molar-refractivity contribution in [1.29, 1.82) is 0 Å². The van der Waals surface area contributed by atoms with Crippen LogP contribution in [0.1, 0.15) is 18.4 Å². The molecule has 1 N–H and O–H groups in total. The highest BCUT2D eigenvalue weighted by molar-refractivity contribution is 6.31. The Bertz CT molecular complexity index is 323. The van der Waals surface area contributed by atoms with Gasteiger partial charge in [-0.05, 0) is 30.4 Å². The number of hydrogen-bond donors (Lipinski definition) is 1. The van der Waals surface area contributed by atoms with Crippen LogP contribution in [-0.4, -0.2) is 11.9 Å². The third kappa shape index (κ3) is 3.37. The van der Waals surface area contributed by atoms with Crippen LogP contribution in [0.4, 0.5) is 0 Å².